The Morgan fingerprint density at radius 2 is 1.81 bits per heavy atom. The zero-order chi connectivity index (χ0) is 18.9. The molecule has 6 nitrogen and oxygen atoms in total. The van der Waals surface area contributed by atoms with Crippen LogP contribution in [-0.4, -0.2) is 56.9 Å². The van der Waals surface area contributed by atoms with E-state index in [9.17, 15) is 25.2 Å². The Hall–Kier alpha value is -0.790. The molecule has 4 aliphatic carbocycles. The van der Waals surface area contributed by atoms with Crippen molar-refractivity contribution < 1.29 is 30.0 Å². The Morgan fingerprint density at radius 3 is 2.50 bits per heavy atom. The molecule has 2 saturated heterocycles. The average Bonchev–Trinajstić information content (AvgIpc) is 2.69. The van der Waals surface area contributed by atoms with E-state index in [2.05, 4.69) is 6.58 Å². The van der Waals surface area contributed by atoms with Crippen molar-refractivity contribution in [1.29, 1.82) is 0 Å². The summed E-state index contributed by atoms with van der Waals surface area (Å²) >= 11 is 0. The fourth-order valence-corrected chi connectivity index (χ4v) is 7.90. The summed E-state index contributed by atoms with van der Waals surface area (Å²) in [5.74, 6) is -3.80. The largest absolute Gasteiger partial charge is 0.392 e. The number of fused-ring (bicyclic) bond motifs is 2. The zero-order valence-electron chi connectivity index (χ0n) is 15.3. The minimum Gasteiger partial charge on any atom is -0.392 e. The van der Waals surface area contributed by atoms with Gasteiger partial charge >= 0.3 is 0 Å². The zero-order valence-corrected chi connectivity index (χ0v) is 15.3. The first-order valence-electron chi connectivity index (χ1n) is 9.71. The maximum Gasteiger partial charge on any atom is 0.208 e. The maximum absolute atomic E-state index is 13.3. The highest BCUT2D eigenvalue weighted by atomic mass is 16.6. The Balaban J connectivity index is 1.81. The first-order chi connectivity index (χ1) is 12.1. The molecule has 2 spiro atoms. The van der Waals surface area contributed by atoms with Gasteiger partial charge in [-0.25, -0.2) is 0 Å². The normalized spacial score (nSPS) is 59.9. The lowest BCUT2D eigenvalue weighted by Crippen LogP contribution is -2.85. The van der Waals surface area contributed by atoms with Crippen molar-refractivity contribution in [2.24, 2.45) is 34.0 Å². The van der Waals surface area contributed by atoms with Crippen LogP contribution in [0.25, 0.3) is 0 Å². The van der Waals surface area contributed by atoms with Crippen molar-refractivity contribution >= 4 is 5.78 Å². The number of hydrogen-bond acceptors (Lipinski definition) is 6. The molecule has 2 heterocycles. The van der Waals surface area contributed by atoms with E-state index in [0.29, 0.717) is 24.8 Å². The van der Waals surface area contributed by atoms with Gasteiger partial charge in [-0.2, -0.15) is 0 Å². The molecule has 3 unspecified atom stereocenters. The van der Waals surface area contributed by atoms with Crippen molar-refractivity contribution in [1.82, 2.24) is 0 Å². The van der Waals surface area contributed by atoms with E-state index in [1.807, 2.05) is 13.8 Å². The highest BCUT2D eigenvalue weighted by molar-refractivity contribution is 6.05. The van der Waals surface area contributed by atoms with Crippen LogP contribution in [0.3, 0.4) is 0 Å². The summed E-state index contributed by atoms with van der Waals surface area (Å²) in [6, 6.07) is 0. The number of ketones is 1. The first kappa shape index (κ1) is 17.3. The Labute approximate surface area is 152 Å². The third kappa shape index (κ3) is 1.41. The molecule has 6 rings (SSSR count). The van der Waals surface area contributed by atoms with E-state index in [1.54, 1.807) is 0 Å². The fourth-order valence-electron chi connectivity index (χ4n) is 7.90. The SMILES string of the molecule is C=C1C(=O)C23[C@@H](CCC1[C@@H]2O)[C@@]12COC3(O)[C@@H](O)[C@@H]1C(C)(C)CC[C@@H]2O. The lowest BCUT2D eigenvalue weighted by Gasteiger charge is -2.74. The smallest absolute Gasteiger partial charge is 0.208 e. The summed E-state index contributed by atoms with van der Waals surface area (Å²) in [5, 5.41) is 45.1. The molecular weight excluding hydrogens is 336 g/mol. The molecule has 0 aromatic rings. The third-order valence-electron chi connectivity index (χ3n) is 8.88. The summed E-state index contributed by atoms with van der Waals surface area (Å²) in [7, 11) is 0. The van der Waals surface area contributed by atoms with Gasteiger partial charge < -0.3 is 25.2 Å². The summed E-state index contributed by atoms with van der Waals surface area (Å²) in [6.45, 7) is 8.07. The first-order valence-corrected chi connectivity index (χ1v) is 9.71. The second-order valence-electron chi connectivity index (χ2n) is 9.97. The molecule has 144 valence electrons. The molecule has 4 saturated carbocycles. The molecule has 0 aromatic heterocycles. The van der Waals surface area contributed by atoms with Crippen LogP contribution in [0.2, 0.25) is 0 Å². The molecule has 6 fully saturated rings. The molecule has 0 amide bonds. The van der Waals surface area contributed by atoms with Gasteiger partial charge in [0, 0.05) is 17.3 Å². The van der Waals surface area contributed by atoms with E-state index in [4.69, 9.17) is 4.74 Å². The van der Waals surface area contributed by atoms with E-state index >= 15 is 0 Å². The fraction of sp³-hybridized carbons (Fsp3) is 0.850. The van der Waals surface area contributed by atoms with Crippen LogP contribution >= 0.6 is 0 Å². The van der Waals surface area contributed by atoms with Crippen molar-refractivity contribution in [2.45, 2.75) is 63.6 Å². The summed E-state index contributed by atoms with van der Waals surface area (Å²) in [5.41, 5.74) is -2.49. The predicted octanol–water partition coefficient (Wildman–Crippen LogP) is 0.376. The monoisotopic (exact) mass is 364 g/mol. The van der Waals surface area contributed by atoms with Crippen LogP contribution < -0.4 is 0 Å². The van der Waals surface area contributed by atoms with Crippen molar-refractivity contribution in [2.75, 3.05) is 6.61 Å². The number of aliphatic hydroxyl groups is 4. The lowest BCUT2D eigenvalue weighted by molar-refractivity contribution is -0.458. The van der Waals surface area contributed by atoms with Gasteiger partial charge in [-0.3, -0.25) is 4.79 Å². The van der Waals surface area contributed by atoms with Gasteiger partial charge in [0.2, 0.25) is 5.79 Å². The molecule has 26 heavy (non-hydrogen) atoms. The highest BCUT2D eigenvalue weighted by Gasteiger charge is 2.86. The van der Waals surface area contributed by atoms with E-state index in [0.717, 1.165) is 6.42 Å². The highest BCUT2D eigenvalue weighted by Crippen LogP contribution is 2.76. The van der Waals surface area contributed by atoms with Gasteiger partial charge in [0.1, 0.15) is 11.5 Å². The number of ether oxygens (including phenoxy) is 1. The number of hydrogen-bond donors (Lipinski definition) is 4. The molecule has 9 atom stereocenters. The number of Topliss-reactive ketones (excluding diaryl/α,β-unsaturated/α-hetero) is 1. The molecule has 4 bridgehead atoms. The van der Waals surface area contributed by atoms with Crippen LogP contribution in [0.15, 0.2) is 12.2 Å². The number of carbonyl (C=O) groups is 1. The molecule has 2 aliphatic heterocycles. The van der Waals surface area contributed by atoms with Crippen molar-refractivity contribution in [3.05, 3.63) is 12.2 Å². The Morgan fingerprint density at radius 1 is 1.12 bits per heavy atom. The van der Waals surface area contributed by atoms with Crippen molar-refractivity contribution in [3.8, 4) is 0 Å². The molecule has 6 heteroatoms. The maximum atomic E-state index is 13.3. The van der Waals surface area contributed by atoms with E-state index in [1.165, 1.54) is 0 Å². The van der Waals surface area contributed by atoms with Crippen LogP contribution in [-0.2, 0) is 9.53 Å². The van der Waals surface area contributed by atoms with Crippen molar-refractivity contribution in [3.63, 3.8) is 0 Å². The van der Waals surface area contributed by atoms with Gasteiger partial charge in [0.05, 0.1) is 18.8 Å². The van der Waals surface area contributed by atoms with Gasteiger partial charge in [-0.05, 0) is 42.6 Å². The van der Waals surface area contributed by atoms with Crippen LogP contribution in [0.4, 0.5) is 0 Å². The lowest BCUT2D eigenvalue weighted by atomic mass is 9.35. The number of rotatable bonds is 0. The van der Waals surface area contributed by atoms with Gasteiger partial charge in [-0.15, -0.1) is 0 Å². The second kappa shape index (κ2) is 4.61. The molecule has 6 aliphatic rings. The topological polar surface area (TPSA) is 107 Å². The van der Waals surface area contributed by atoms with E-state index < -0.39 is 58.5 Å². The minimum absolute atomic E-state index is 0.0966. The van der Waals surface area contributed by atoms with E-state index in [-0.39, 0.29) is 12.0 Å². The summed E-state index contributed by atoms with van der Waals surface area (Å²) in [6.07, 6.45) is -0.747. The van der Waals surface area contributed by atoms with Gasteiger partial charge in [0.15, 0.2) is 5.78 Å². The molecule has 0 aromatic carbocycles. The summed E-state index contributed by atoms with van der Waals surface area (Å²) < 4.78 is 5.80. The minimum atomic E-state index is -2.15. The quantitative estimate of drug-likeness (QED) is 0.463. The summed E-state index contributed by atoms with van der Waals surface area (Å²) in [4.78, 5) is 13.3. The van der Waals surface area contributed by atoms with Crippen LogP contribution in [0.5, 0.6) is 0 Å². The molecular formula is C20H28O6. The van der Waals surface area contributed by atoms with Gasteiger partial charge in [0.25, 0.3) is 0 Å². The second-order valence-corrected chi connectivity index (χ2v) is 9.97. The standard InChI is InChI=1S/C20H28O6/c1-9-10-4-5-11-18-8-26-20(25,19(11,14(9)22)15(10)23)16(24)13(18)17(2,3)7-6-12(18)21/h10-13,15-16,21,23-25H,1,4-8H2,2-3H3/t10?,11-,12-,13+,15-,16-,18+,19?,20?/m0/s1. The third-order valence-corrected chi connectivity index (χ3v) is 8.88. The number of carbonyl (C=O) groups excluding carboxylic acids is 1. The van der Waals surface area contributed by atoms with Crippen LogP contribution in [0.1, 0.15) is 39.5 Å². The van der Waals surface area contributed by atoms with Crippen LogP contribution in [0, 0.1) is 34.0 Å². The Bertz CT molecular complexity index is 717. The Kier molecular flexibility index (Phi) is 3.07. The van der Waals surface area contributed by atoms with Gasteiger partial charge in [-0.1, -0.05) is 20.4 Å². The molecule has 4 N–H and O–H groups in total. The number of aliphatic hydroxyl groups excluding tert-OH is 3. The predicted molar refractivity (Wildman–Crippen MR) is 90.7 cm³/mol. The molecule has 0 radical (unpaired) electrons. The average molecular weight is 364 g/mol.